The van der Waals surface area contributed by atoms with Crippen molar-refractivity contribution in [2.24, 2.45) is 11.7 Å². The van der Waals surface area contributed by atoms with Crippen LogP contribution in [-0.4, -0.2) is 19.4 Å². The van der Waals surface area contributed by atoms with Gasteiger partial charge in [-0.3, -0.25) is 4.98 Å². The molecule has 0 amide bonds. The molecule has 5 nitrogen and oxygen atoms in total. The minimum atomic E-state index is -3.42. The fourth-order valence-electron chi connectivity index (χ4n) is 1.98. The van der Waals surface area contributed by atoms with Crippen LogP contribution in [0.3, 0.4) is 0 Å². The lowest BCUT2D eigenvalue weighted by molar-refractivity contribution is 0.270. The number of nitrogens with zero attached hydrogens (tertiary/aromatic N) is 1. The molecule has 1 heterocycles. The van der Waals surface area contributed by atoms with E-state index in [1.165, 1.54) is 6.20 Å². The maximum absolute atomic E-state index is 12.0. The van der Waals surface area contributed by atoms with E-state index < -0.39 is 10.0 Å². The van der Waals surface area contributed by atoms with E-state index in [9.17, 15) is 8.42 Å². The van der Waals surface area contributed by atoms with Crippen molar-refractivity contribution in [1.29, 1.82) is 0 Å². The molecular weight excluding hydrogens is 238 g/mol. The first kappa shape index (κ1) is 12.5. The van der Waals surface area contributed by atoms with Crippen LogP contribution in [0.25, 0.3) is 0 Å². The van der Waals surface area contributed by atoms with Gasteiger partial charge in [-0.25, -0.2) is 13.1 Å². The zero-order valence-corrected chi connectivity index (χ0v) is 10.6. The monoisotopic (exact) mass is 255 g/mol. The Kier molecular flexibility index (Phi) is 3.46. The molecule has 0 saturated heterocycles. The largest absolute Gasteiger partial charge is 0.325 e. The summed E-state index contributed by atoms with van der Waals surface area (Å²) in [6, 6.07) is 3.25. The average molecular weight is 255 g/mol. The molecular formula is C11H17N3O2S. The molecule has 0 radical (unpaired) electrons. The van der Waals surface area contributed by atoms with Crippen LogP contribution in [0.5, 0.6) is 0 Å². The quantitative estimate of drug-likeness (QED) is 0.825. The molecule has 1 aliphatic carbocycles. The van der Waals surface area contributed by atoms with Gasteiger partial charge in [0.05, 0.1) is 5.69 Å². The Labute approximate surface area is 101 Å². The Morgan fingerprint density at radius 1 is 1.47 bits per heavy atom. The maximum atomic E-state index is 12.0. The van der Waals surface area contributed by atoms with Crippen LogP contribution in [-0.2, 0) is 16.6 Å². The van der Waals surface area contributed by atoms with Crippen molar-refractivity contribution in [3.63, 3.8) is 0 Å². The van der Waals surface area contributed by atoms with Crippen molar-refractivity contribution in [1.82, 2.24) is 9.71 Å². The number of sulfonamides is 1. The van der Waals surface area contributed by atoms with Gasteiger partial charge in [-0.05, 0) is 30.9 Å². The molecule has 0 aliphatic heterocycles. The van der Waals surface area contributed by atoms with Gasteiger partial charge in [0.15, 0.2) is 0 Å². The summed E-state index contributed by atoms with van der Waals surface area (Å²) in [6.45, 7) is 2.43. The van der Waals surface area contributed by atoms with Gasteiger partial charge in [0.25, 0.3) is 0 Å². The summed E-state index contributed by atoms with van der Waals surface area (Å²) in [5.74, 6) is 0.612. The summed E-state index contributed by atoms with van der Waals surface area (Å²) in [6.07, 6.45) is 3.17. The summed E-state index contributed by atoms with van der Waals surface area (Å²) in [7, 11) is -3.42. The van der Waals surface area contributed by atoms with Crippen LogP contribution in [0, 0.1) is 5.92 Å². The van der Waals surface area contributed by atoms with Crippen molar-refractivity contribution in [2.45, 2.75) is 37.2 Å². The minimum absolute atomic E-state index is 0.0733. The van der Waals surface area contributed by atoms with Crippen LogP contribution >= 0.6 is 0 Å². The third-order valence-electron chi connectivity index (χ3n) is 3.01. The van der Waals surface area contributed by atoms with E-state index in [-0.39, 0.29) is 10.9 Å². The molecule has 0 bridgehead atoms. The Bertz CT molecular complexity index is 478. The fraction of sp³-hybridized carbons (Fsp3) is 0.545. The van der Waals surface area contributed by atoms with Gasteiger partial charge in [-0.2, -0.15) is 0 Å². The molecule has 1 fully saturated rings. The summed E-state index contributed by atoms with van der Waals surface area (Å²) in [4.78, 5) is 4.19. The van der Waals surface area contributed by atoms with Crippen molar-refractivity contribution < 1.29 is 8.42 Å². The molecule has 0 unspecified atom stereocenters. The van der Waals surface area contributed by atoms with Crippen molar-refractivity contribution in [3.05, 3.63) is 24.0 Å². The van der Waals surface area contributed by atoms with Gasteiger partial charge in [-0.15, -0.1) is 0 Å². The molecule has 2 rings (SSSR count). The van der Waals surface area contributed by atoms with E-state index in [1.807, 2.05) is 0 Å². The lowest BCUT2D eigenvalue weighted by atomic mass is 9.83. The molecule has 1 aromatic rings. The van der Waals surface area contributed by atoms with Gasteiger partial charge in [0.1, 0.15) is 4.90 Å². The predicted octanol–water partition coefficient (Wildman–Crippen LogP) is 0.617. The zero-order valence-electron chi connectivity index (χ0n) is 9.76. The molecule has 0 atom stereocenters. The second kappa shape index (κ2) is 4.72. The van der Waals surface area contributed by atoms with Crippen LogP contribution < -0.4 is 10.5 Å². The Morgan fingerprint density at radius 2 is 2.18 bits per heavy atom. The van der Waals surface area contributed by atoms with Crippen molar-refractivity contribution in [3.8, 4) is 0 Å². The summed E-state index contributed by atoms with van der Waals surface area (Å²) >= 11 is 0. The van der Waals surface area contributed by atoms with E-state index in [2.05, 4.69) is 16.6 Å². The Hall–Kier alpha value is -0.980. The molecule has 1 aliphatic rings. The third kappa shape index (κ3) is 2.83. The van der Waals surface area contributed by atoms with Gasteiger partial charge in [0.2, 0.25) is 10.0 Å². The van der Waals surface area contributed by atoms with Gasteiger partial charge in [-0.1, -0.05) is 6.92 Å². The first-order valence-electron chi connectivity index (χ1n) is 5.68. The first-order valence-corrected chi connectivity index (χ1v) is 7.17. The van der Waals surface area contributed by atoms with Gasteiger partial charge < -0.3 is 5.73 Å². The molecule has 1 aromatic heterocycles. The highest BCUT2D eigenvalue weighted by Gasteiger charge is 2.29. The Balaban J connectivity index is 2.08. The third-order valence-corrected chi connectivity index (χ3v) is 4.52. The number of hydrogen-bond donors (Lipinski definition) is 2. The number of pyridine rings is 1. The number of hydrogen-bond acceptors (Lipinski definition) is 4. The number of nitrogens with one attached hydrogen (secondary N) is 1. The molecule has 6 heteroatoms. The van der Waals surface area contributed by atoms with Gasteiger partial charge >= 0.3 is 0 Å². The normalized spacial score (nSPS) is 24.4. The lowest BCUT2D eigenvalue weighted by Crippen LogP contribution is -2.43. The topological polar surface area (TPSA) is 85.1 Å². The fourth-order valence-corrected chi connectivity index (χ4v) is 3.18. The summed E-state index contributed by atoms with van der Waals surface area (Å²) in [5.41, 5.74) is 6.09. The molecule has 17 heavy (non-hydrogen) atoms. The first-order chi connectivity index (χ1) is 8.01. The van der Waals surface area contributed by atoms with Crippen LogP contribution in [0.1, 0.15) is 25.5 Å². The summed E-state index contributed by atoms with van der Waals surface area (Å²) < 4.78 is 26.6. The SMILES string of the molecule is CC1CC(NS(=O)(=O)c2ccc(CN)nc2)C1. The van der Waals surface area contributed by atoms with Crippen molar-refractivity contribution >= 4 is 10.0 Å². The molecule has 94 valence electrons. The molecule has 0 aromatic carbocycles. The number of rotatable bonds is 4. The van der Waals surface area contributed by atoms with E-state index >= 15 is 0 Å². The van der Waals surface area contributed by atoms with Crippen LogP contribution in [0.15, 0.2) is 23.2 Å². The van der Waals surface area contributed by atoms with Gasteiger partial charge in [0, 0.05) is 18.8 Å². The van der Waals surface area contributed by atoms with Crippen LogP contribution in [0.2, 0.25) is 0 Å². The molecule has 0 spiro atoms. The maximum Gasteiger partial charge on any atom is 0.242 e. The van der Waals surface area contributed by atoms with E-state index in [1.54, 1.807) is 12.1 Å². The average Bonchev–Trinajstić information content (AvgIpc) is 2.27. The van der Waals surface area contributed by atoms with E-state index in [0.29, 0.717) is 18.2 Å². The highest BCUT2D eigenvalue weighted by atomic mass is 32.2. The number of aromatic nitrogens is 1. The van der Waals surface area contributed by atoms with Crippen LogP contribution in [0.4, 0.5) is 0 Å². The Morgan fingerprint density at radius 3 is 2.65 bits per heavy atom. The second-order valence-corrected chi connectivity index (χ2v) is 6.30. The standard InChI is InChI=1S/C11H17N3O2S/c1-8-4-10(5-8)14-17(15,16)11-3-2-9(6-12)13-7-11/h2-3,7-8,10,14H,4-6,12H2,1H3. The lowest BCUT2D eigenvalue weighted by Gasteiger charge is -2.32. The second-order valence-electron chi connectivity index (χ2n) is 4.58. The highest BCUT2D eigenvalue weighted by Crippen LogP contribution is 2.27. The smallest absolute Gasteiger partial charge is 0.242 e. The zero-order chi connectivity index (χ0) is 12.5. The molecule has 1 saturated carbocycles. The highest BCUT2D eigenvalue weighted by molar-refractivity contribution is 7.89. The predicted molar refractivity (Wildman–Crippen MR) is 64.6 cm³/mol. The van der Waals surface area contributed by atoms with Crippen molar-refractivity contribution in [2.75, 3.05) is 0 Å². The summed E-state index contributed by atoms with van der Waals surface area (Å²) in [5, 5.41) is 0. The van der Waals surface area contributed by atoms with E-state index in [0.717, 1.165) is 12.8 Å². The molecule has 3 N–H and O–H groups in total. The number of nitrogens with two attached hydrogens (primary N) is 1. The van der Waals surface area contributed by atoms with E-state index in [4.69, 9.17) is 5.73 Å². The minimum Gasteiger partial charge on any atom is -0.325 e.